The summed E-state index contributed by atoms with van der Waals surface area (Å²) in [5.74, 6) is 0.0716. The Hall–Kier alpha value is -2.53. The van der Waals surface area contributed by atoms with E-state index in [2.05, 4.69) is 0 Å². The van der Waals surface area contributed by atoms with Gasteiger partial charge in [-0.25, -0.2) is 4.79 Å². The summed E-state index contributed by atoms with van der Waals surface area (Å²) in [6, 6.07) is 13.3. The fourth-order valence-electron chi connectivity index (χ4n) is 2.02. The van der Waals surface area contributed by atoms with Crippen LogP contribution in [0, 0.1) is 0 Å². The molecule has 0 saturated carbocycles. The van der Waals surface area contributed by atoms with E-state index in [1.165, 1.54) is 7.11 Å². The second kappa shape index (κ2) is 8.03. The minimum Gasteiger partial charge on any atom is -0.497 e. The Bertz CT molecular complexity index is 753. The first-order chi connectivity index (χ1) is 11.8. The summed E-state index contributed by atoms with van der Waals surface area (Å²) >= 11 is 5.82. The quantitative estimate of drug-likeness (QED) is 0.551. The Kier molecular flexibility index (Phi) is 6.04. The summed E-state index contributed by atoms with van der Waals surface area (Å²) in [6.07, 6.45) is 0. The van der Waals surface area contributed by atoms with Gasteiger partial charge < -0.3 is 14.2 Å². The third kappa shape index (κ3) is 5.22. The highest BCUT2D eigenvalue weighted by Crippen LogP contribution is 2.22. The predicted octanol–water partition coefficient (Wildman–Crippen LogP) is 3.93. The van der Waals surface area contributed by atoms with Crippen LogP contribution in [0.4, 0.5) is 0 Å². The average Bonchev–Trinajstić information content (AvgIpc) is 2.61. The van der Waals surface area contributed by atoms with E-state index in [4.69, 9.17) is 25.8 Å². The van der Waals surface area contributed by atoms with Crippen LogP contribution in [0.25, 0.3) is 0 Å². The van der Waals surface area contributed by atoms with Gasteiger partial charge in [-0.1, -0.05) is 23.7 Å². The first kappa shape index (κ1) is 18.8. The van der Waals surface area contributed by atoms with Gasteiger partial charge in [0.25, 0.3) is 0 Å². The van der Waals surface area contributed by atoms with Crippen LogP contribution in [-0.4, -0.2) is 31.1 Å². The van der Waals surface area contributed by atoms with Crippen LogP contribution in [0.15, 0.2) is 48.5 Å². The minimum absolute atomic E-state index is 0.324. The van der Waals surface area contributed by atoms with E-state index < -0.39 is 11.6 Å². The second-order valence-electron chi connectivity index (χ2n) is 5.80. The number of methoxy groups -OCH3 is 1. The monoisotopic (exact) mass is 362 g/mol. The number of rotatable bonds is 7. The summed E-state index contributed by atoms with van der Waals surface area (Å²) in [5.41, 5.74) is -0.841. The van der Waals surface area contributed by atoms with Gasteiger partial charge in [-0.15, -0.1) is 0 Å². The van der Waals surface area contributed by atoms with E-state index in [9.17, 15) is 9.59 Å². The molecule has 0 N–H and O–H groups in total. The van der Waals surface area contributed by atoms with Crippen LogP contribution in [-0.2, 0) is 9.53 Å². The third-order valence-electron chi connectivity index (χ3n) is 3.40. The van der Waals surface area contributed by atoms with Crippen molar-refractivity contribution >= 4 is 23.4 Å². The van der Waals surface area contributed by atoms with E-state index in [0.717, 1.165) is 0 Å². The molecule has 0 heterocycles. The highest BCUT2D eigenvalue weighted by molar-refractivity contribution is 6.30. The zero-order valence-corrected chi connectivity index (χ0v) is 15.0. The smallest absolute Gasteiger partial charge is 0.350 e. The second-order valence-corrected chi connectivity index (χ2v) is 6.23. The number of ether oxygens (including phenoxy) is 3. The molecule has 0 aromatic heterocycles. The summed E-state index contributed by atoms with van der Waals surface area (Å²) in [5, 5.41) is 0.566. The molecule has 5 nitrogen and oxygen atoms in total. The number of carbonyl (C=O) groups excluding carboxylic acids is 2. The normalized spacial score (nSPS) is 10.9. The molecule has 25 heavy (non-hydrogen) atoms. The Morgan fingerprint density at radius 3 is 2.36 bits per heavy atom. The molecule has 0 spiro atoms. The lowest BCUT2D eigenvalue weighted by Crippen LogP contribution is -2.40. The lowest BCUT2D eigenvalue weighted by atomic mass is 10.1. The lowest BCUT2D eigenvalue weighted by Gasteiger charge is -2.24. The molecule has 0 atom stereocenters. The number of Topliss-reactive ketones (excluding diaryl/α,β-unsaturated/α-hetero) is 1. The minimum atomic E-state index is -1.25. The van der Waals surface area contributed by atoms with Gasteiger partial charge >= 0.3 is 5.97 Å². The van der Waals surface area contributed by atoms with Crippen molar-refractivity contribution in [3.63, 3.8) is 0 Å². The van der Waals surface area contributed by atoms with Crippen molar-refractivity contribution < 1.29 is 23.8 Å². The van der Waals surface area contributed by atoms with Crippen molar-refractivity contribution in [1.82, 2.24) is 0 Å². The first-order valence-electron chi connectivity index (χ1n) is 7.61. The van der Waals surface area contributed by atoms with Crippen LogP contribution < -0.4 is 9.47 Å². The molecule has 2 aromatic rings. The maximum Gasteiger partial charge on any atom is 0.350 e. The van der Waals surface area contributed by atoms with E-state index in [0.29, 0.717) is 22.1 Å². The van der Waals surface area contributed by atoms with Gasteiger partial charge in [-0.05, 0) is 50.2 Å². The lowest BCUT2D eigenvalue weighted by molar-refractivity contribution is -0.158. The topological polar surface area (TPSA) is 61.8 Å². The number of hydrogen-bond acceptors (Lipinski definition) is 5. The zero-order chi connectivity index (χ0) is 18.4. The molecule has 0 amide bonds. The molecule has 2 rings (SSSR count). The SMILES string of the molecule is COc1cccc(C(=O)COC(=O)C(C)(C)Oc2ccc(Cl)cc2)c1. The number of hydrogen-bond donors (Lipinski definition) is 0. The molecule has 0 saturated heterocycles. The summed E-state index contributed by atoms with van der Waals surface area (Å²) in [6.45, 7) is 2.76. The summed E-state index contributed by atoms with van der Waals surface area (Å²) in [7, 11) is 1.51. The molecule has 0 aliphatic carbocycles. The van der Waals surface area contributed by atoms with Gasteiger partial charge in [0.2, 0.25) is 0 Å². The molecule has 2 aromatic carbocycles. The molecule has 6 heteroatoms. The van der Waals surface area contributed by atoms with Crippen molar-refractivity contribution in [1.29, 1.82) is 0 Å². The maximum absolute atomic E-state index is 12.2. The molecular weight excluding hydrogens is 344 g/mol. The fraction of sp³-hybridized carbons (Fsp3) is 0.263. The number of carbonyl (C=O) groups is 2. The maximum atomic E-state index is 12.2. The molecular formula is C19H19ClO5. The number of ketones is 1. The van der Waals surface area contributed by atoms with Crippen molar-refractivity contribution in [3.05, 3.63) is 59.1 Å². The zero-order valence-electron chi connectivity index (χ0n) is 14.2. The highest BCUT2D eigenvalue weighted by atomic mass is 35.5. The highest BCUT2D eigenvalue weighted by Gasteiger charge is 2.32. The Labute approximate surface area is 151 Å². The third-order valence-corrected chi connectivity index (χ3v) is 3.66. The Morgan fingerprint density at radius 2 is 1.72 bits per heavy atom. The van der Waals surface area contributed by atoms with Gasteiger partial charge in [0, 0.05) is 10.6 Å². The molecule has 0 aliphatic rings. The molecule has 0 fully saturated rings. The predicted molar refractivity (Wildman–Crippen MR) is 94.4 cm³/mol. The molecule has 0 bridgehead atoms. The number of esters is 1. The van der Waals surface area contributed by atoms with E-state index >= 15 is 0 Å². The average molecular weight is 363 g/mol. The van der Waals surface area contributed by atoms with Gasteiger partial charge in [-0.2, -0.15) is 0 Å². The van der Waals surface area contributed by atoms with E-state index in [1.807, 2.05) is 0 Å². The van der Waals surface area contributed by atoms with Crippen LogP contribution in [0.1, 0.15) is 24.2 Å². The largest absolute Gasteiger partial charge is 0.497 e. The molecule has 132 valence electrons. The van der Waals surface area contributed by atoms with E-state index in [1.54, 1.807) is 62.4 Å². The molecule has 0 unspecified atom stereocenters. The van der Waals surface area contributed by atoms with Crippen molar-refractivity contribution in [2.45, 2.75) is 19.4 Å². The van der Waals surface area contributed by atoms with Crippen LogP contribution in [0.5, 0.6) is 11.5 Å². The van der Waals surface area contributed by atoms with Gasteiger partial charge in [-0.3, -0.25) is 4.79 Å². The standard InChI is InChI=1S/C19H19ClO5/c1-19(2,25-15-9-7-14(20)8-10-15)18(22)24-12-17(21)13-5-4-6-16(11-13)23-3/h4-11H,12H2,1-3H3. The number of benzene rings is 2. The Balaban J connectivity index is 1.95. The summed E-state index contributed by atoms with van der Waals surface area (Å²) < 4.78 is 15.8. The fourth-order valence-corrected chi connectivity index (χ4v) is 2.15. The van der Waals surface area contributed by atoms with Crippen LogP contribution >= 0.6 is 11.6 Å². The van der Waals surface area contributed by atoms with Gasteiger partial charge in [0.1, 0.15) is 11.5 Å². The molecule has 0 radical (unpaired) electrons. The van der Waals surface area contributed by atoms with Crippen molar-refractivity contribution in [3.8, 4) is 11.5 Å². The first-order valence-corrected chi connectivity index (χ1v) is 7.98. The van der Waals surface area contributed by atoms with Gasteiger partial charge in [0.05, 0.1) is 7.11 Å². The van der Waals surface area contributed by atoms with Crippen molar-refractivity contribution in [2.75, 3.05) is 13.7 Å². The molecule has 0 aliphatic heterocycles. The van der Waals surface area contributed by atoms with E-state index in [-0.39, 0.29) is 12.4 Å². The van der Waals surface area contributed by atoms with Gasteiger partial charge in [0.15, 0.2) is 18.0 Å². The van der Waals surface area contributed by atoms with Crippen LogP contribution in [0.3, 0.4) is 0 Å². The Morgan fingerprint density at radius 1 is 1.04 bits per heavy atom. The van der Waals surface area contributed by atoms with Crippen LogP contribution in [0.2, 0.25) is 5.02 Å². The number of halogens is 1. The van der Waals surface area contributed by atoms with Crippen molar-refractivity contribution in [2.24, 2.45) is 0 Å². The summed E-state index contributed by atoms with van der Waals surface area (Å²) in [4.78, 5) is 24.4.